The summed E-state index contributed by atoms with van der Waals surface area (Å²) in [5.41, 5.74) is 4.38. The van der Waals surface area contributed by atoms with Crippen molar-refractivity contribution in [3.8, 4) is 11.3 Å². The molecule has 0 aliphatic heterocycles. The molecule has 0 bridgehead atoms. The van der Waals surface area contributed by atoms with E-state index in [0.717, 1.165) is 48.0 Å². The standard InChI is InChI=1S/C22H27N5S.HI/c1-4-23-22(25-13-11-21-27-16(2)17(3)28-21)26-15-18-8-7-9-19(14-18)20-10-5-6-12-24-20;/h5-10,12,14H,4,11,13,15H2,1-3H3,(H2,23,25,26);1H. The zero-order valence-electron chi connectivity index (χ0n) is 17.1. The maximum absolute atomic E-state index is 4.73. The number of nitrogens with one attached hydrogen (secondary N) is 2. The van der Waals surface area contributed by atoms with E-state index in [0.29, 0.717) is 6.54 Å². The van der Waals surface area contributed by atoms with E-state index < -0.39 is 0 Å². The zero-order chi connectivity index (χ0) is 19.8. The van der Waals surface area contributed by atoms with E-state index in [2.05, 4.69) is 65.6 Å². The van der Waals surface area contributed by atoms with Gasteiger partial charge in [-0.25, -0.2) is 9.98 Å². The Kier molecular flexibility index (Phi) is 9.53. The van der Waals surface area contributed by atoms with Crippen LogP contribution in [0.1, 0.15) is 28.1 Å². The van der Waals surface area contributed by atoms with E-state index >= 15 is 0 Å². The summed E-state index contributed by atoms with van der Waals surface area (Å²) in [5.74, 6) is 0.829. The average Bonchev–Trinajstić information content (AvgIpc) is 3.04. The SMILES string of the molecule is CCNC(=NCc1cccc(-c2ccccn2)c1)NCCc1nc(C)c(C)s1.I. The first-order valence-corrected chi connectivity index (χ1v) is 10.4. The smallest absolute Gasteiger partial charge is 0.191 e. The maximum Gasteiger partial charge on any atom is 0.191 e. The Balaban J connectivity index is 0.00000300. The van der Waals surface area contributed by atoms with Crippen molar-refractivity contribution in [3.05, 3.63) is 69.8 Å². The summed E-state index contributed by atoms with van der Waals surface area (Å²) in [7, 11) is 0. The Morgan fingerprint density at radius 3 is 2.66 bits per heavy atom. The van der Waals surface area contributed by atoms with Crippen molar-refractivity contribution in [2.75, 3.05) is 13.1 Å². The van der Waals surface area contributed by atoms with E-state index in [9.17, 15) is 0 Å². The number of aliphatic imine (C=N–C) groups is 1. The minimum absolute atomic E-state index is 0. The van der Waals surface area contributed by atoms with Crippen molar-refractivity contribution in [1.29, 1.82) is 0 Å². The van der Waals surface area contributed by atoms with Gasteiger partial charge in [0, 0.05) is 36.1 Å². The van der Waals surface area contributed by atoms with Crippen LogP contribution in [-0.4, -0.2) is 29.0 Å². The Bertz CT molecular complexity index is 904. The summed E-state index contributed by atoms with van der Waals surface area (Å²) in [6.07, 6.45) is 2.72. The van der Waals surface area contributed by atoms with Gasteiger partial charge in [0.1, 0.15) is 0 Å². The summed E-state index contributed by atoms with van der Waals surface area (Å²) in [6, 6.07) is 14.3. The number of pyridine rings is 1. The molecule has 0 amide bonds. The summed E-state index contributed by atoms with van der Waals surface area (Å²) in [5, 5.41) is 7.89. The second kappa shape index (κ2) is 11.9. The van der Waals surface area contributed by atoms with Crippen LogP contribution >= 0.6 is 35.3 Å². The number of hydrogen-bond acceptors (Lipinski definition) is 4. The highest BCUT2D eigenvalue weighted by atomic mass is 127. The summed E-state index contributed by atoms with van der Waals surface area (Å²) >= 11 is 1.77. The van der Waals surface area contributed by atoms with Crippen molar-refractivity contribution in [2.24, 2.45) is 4.99 Å². The summed E-state index contributed by atoms with van der Waals surface area (Å²) in [4.78, 5) is 15.0. The second-order valence-electron chi connectivity index (χ2n) is 6.54. The van der Waals surface area contributed by atoms with Gasteiger partial charge in [-0.3, -0.25) is 4.98 Å². The van der Waals surface area contributed by atoms with Gasteiger partial charge in [-0.05, 0) is 44.5 Å². The molecule has 2 aromatic heterocycles. The predicted molar refractivity (Wildman–Crippen MR) is 133 cm³/mol. The van der Waals surface area contributed by atoms with Crippen LogP contribution in [0.25, 0.3) is 11.3 Å². The number of benzene rings is 1. The first-order valence-electron chi connectivity index (χ1n) is 9.61. The molecule has 3 aromatic rings. The number of thiazole rings is 1. The molecule has 154 valence electrons. The van der Waals surface area contributed by atoms with Crippen molar-refractivity contribution in [3.63, 3.8) is 0 Å². The van der Waals surface area contributed by atoms with Gasteiger partial charge in [-0.2, -0.15) is 0 Å². The van der Waals surface area contributed by atoms with Crippen LogP contribution in [0.4, 0.5) is 0 Å². The largest absolute Gasteiger partial charge is 0.357 e. The van der Waals surface area contributed by atoms with Crippen LogP contribution in [0.15, 0.2) is 53.7 Å². The van der Waals surface area contributed by atoms with Gasteiger partial charge in [0.25, 0.3) is 0 Å². The number of rotatable bonds is 7. The molecule has 0 atom stereocenters. The highest BCUT2D eigenvalue weighted by Gasteiger charge is 2.05. The molecule has 2 heterocycles. The molecule has 0 fully saturated rings. The maximum atomic E-state index is 4.73. The topological polar surface area (TPSA) is 62.2 Å². The van der Waals surface area contributed by atoms with E-state index in [-0.39, 0.29) is 24.0 Å². The molecule has 0 spiro atoms. The fourth-order valence-electron chi connectivity index (χ4n) is 2.81. The fraction of sp³-hybridized carbons (Fsp3) is 0.318. The summed E-state index contributed by atoms with van der Waals surface area (Å²) < 4.78 is 0. The first-order chi connectivity index (χ1) is 13.7. The molecule has 5 nitrogen and oxygen atoms in total. The molecule has 3 rings (SSSR count). The second-order valence-corrected chi connectivity index (χ2v) is 7.82. The average molecular weight is 521 g/mol. The Hall–Kier alpha value is -2.00. The van der Waals surface area contributed by atoms with Crippen LogP contribution < -0.4 is 10.6 Å². The number of halogens is 1. The molecule has 0 aliphatic rings. The van der Waals surface area contributed by atoms with Crippen LogP contribution in [0.3, 0.4) is 0 Å². The Morgan fingerprint density at radius 2 is 1.97 bits per heavy atom. The van der Waals surface area contributed by atoms with Gasteiger partial charge >= 0.3 is 0 Å². The van der Waals surface area contributed by atoms with E-state index in [1.54, 1.807) is 11.3 Å². The number of guanidine groups is 1. The molecule has 0 unspecified atom stereocenters. The molecule has 0 saturated heterocycles. The number of nitrogens with zero attached hydrogens (tertiary/aromatic N) is 3. The number of hydrogen-bond donors (Lipinski definition) is 2. The van der Waals surface area contributed by atoms with Crippen molar-refractivity contribution < 1.29 is 0 Å². The van der Waals surface area contributed by atoms with Gasteiger partial charge < -0.3 is 10.6 Å². The molecule has 0 saturated carbocycles. The van der Waals surface area contributed by atoms with E-state index in [1.807, 2.05) is 24.4 Å². The van der Waals surface area contributed by atoms with Crippen LogP contribution in [-0.2, 0) is 13.0 Å². The molecule has 7 heteroatoms. The fourth-order valence-corrected chi connectivity index (χ4v) is 3.74. The van der Waals surface area contributed by atoms with Gasteiger partial charge in [-0.15, -0.1) is 35.3 Å². The molecule has 2 N–H and O–H groups in total. The lowest BCUT2D eigenvalue weighted by Crippen LogP contribution is -2.38. The quantitative estimate of drug-likeness (QED) is 0.268. The minimum Gasteiger partial charge on any atom is -0.357 e. The predicted octanol–water partition coefficient (Wildman–Crippen LogP) is 4.74. The third kappa shape index (κ3) is 7.08. The minimum atomic E-state index is 0. The normalized spacial score (nSPS) is 11.1. The Labute approximate surface area is 194 Å². The number of aryl methyl sites for hydroxylation is 2. The van der Waals surface area contributed by atoms with Crippen LogP contribution in [0, 0.1) is 13.8 Å². The highest BCUT2D eigenvalue weighted by molar-refractivity contribution is 14.0. The summed E-state index contributed by atoms with van der Waals surface area (Å²) in [6.45, 7) is 8.52. The molecule has 29 heavy (non-hydrogen) atoms. The van der Waals surface area contributed by atoms with Crippen molar-refractivity contribution in [2.45, 2.75) is 33.7 Å². The van der Waals surface area contributed by atoms with Crippen molar-refractivity contribution in [1.82, 2.24) is 20.6 Å². The van der Waals surface area contributed by atoms with Gasteiger partial charge in [0.15, 0.2) is 5.96 Å². The lowest BCUT2D eigenvalue weighted by molar-refractivity contribution is 0.795. The van der Waals surface area contributed by atoms with Crippen molar-refractivity contribution >= 4 is 41.3 Å². The van der Waals surface area contributed by atoms with Gasteiger partial charge in [-0.1, -0.05) is 24.3 Å². The van der Waals surface area contributed by atoms with Crippen LogP contribution in [0.2, 0.25) is 0 Å². The van der Waals surface area contributed by atoms with Gasteiger partial charge in [0.2, 0.25) is 0 Å². The third-order valence-electron chi connectivity index (χ3n) is 4.36. The zero-order valence-corrected chi connectivity index (χ0v) is 20.3. The molecular weight excluding hydrogens is 493 g/mol. The monoisotopic (exact) mass is 521 g/mol. The molecular formula is C22H28IN5S. The molecule has 0 radical (unpaired) electrons. The number of aromatic nitrogens is 2. The third-order valence-corrected chi connectivity index (χ3v) is 5.49. The van der Waals surface area contributed by atoms with E-state index in [1.165, 1.54) is 9.88 Å². The van der Waals surface area contributed by atoms with Gasteiger partial charge in [0.05, 0.1) is 22.9 Å². The highest BCUT2D eigenvalue weighted by Crippen LogP contribution is 2.18. The lowest BCUT2D eigenvalue weighted by Gasteiger charge is -2.11. The lowest BCUT2D eigenvalue weighted by atomic mass is 10.1. The molecule has 0 aliphatic carbocycles. The molecule has 1 aromatic carbocycles. The van der Waals surface area contributed by atoms with E-state index in [4.69, 9.17) is 4.99 Å². The van der Waals surface area contributed by atoms with Crippen LogP contribution in [0.5, 0.6) is 0 Å². The Morgan fingerprint density at radius 1 is 1.10 bits per heavy atom. The first kappa shape index (κ1) is 23.3.